The fourth-order valence-electron chi connectivity index (χ4n) is 2.21. The summed E-state index contributed by atoms with van der Waals surface area (Å²) in [6, 6.07) is 2.18. The largest absolute Gasteiger partial charge is 0.494 e. The average molecular weight is 228 g/mol. The molecule has 0 radical (unpaired) electrons. The van der Waals surface area contributed by atoms with Gasteiger partial charge in [0.15, 0.2) is 11.6 Å². The Morgan fingerprint density at radius 1 is 1.31 bits per heavy atom. The van der Waals surface area contributed by atoms with Gasteiger partial charge in [0, 0.05) is 11.5 Å². The van der Waals surface area contributed by atoms with Gasteiger partial charge in [0.1, 0.15) is 5.82 Å². The molecule has 2 rings (SSSR count). The zero-order chi connectivity index (χ0) is 11.8. The minimum atomic E-state index is -0.586. The lowest BCUT2D eigenvalue weighted by molar-refractivity contribution is 0.116. The van der Waals surface area contributed by atoms with Crippen molar-refractivity contribution in [1.82, 2.24) is 0 Å². The maximum absolute atomic E-state index is 13.8. The molecule has 1 aliphatic carbocycles. The quantitative estimate of drug-likeness (QED) is 0.860. The third-order valence-electron chi connectivity index (χ3n) is 3.43. The van der Waals surface area contributed by atoms with Crippen LogP contribution in [0.2, 0.25) is 0 Å². The van der Waals surface area contributed by atoms with Crippen LogP contribution in [0.15, 0.2) is 12.1 Å². The van der Waals surface area contributed by atoms with Crippen molar-refractivity contribution in [2.75, 3.05) is 13.7 Å². The summed E-state index contributed by atoms with van der Waals surface area (Å²) < 4.78 is 31.9. The van der Waals surface area contributed by atoms with Gasteiger partial charge in [-0.2, -0.15) is 0 Å². The lowest BCUT2D eigenvalue weighted by atomic mass is 9.65. The van der Waals surface area contributed by atoms with E-state index in [1.165, 1.54) is 7.11 Å². The number of aliphatic hydroxyl groups excluding tert-OH is 1. The number of aliphatic hydroxyl groups is 1. The average Bonchev–Trinajstić information content (AvgIpc) is 2.22. The number of rotatable bonds is 3. The number of halogens is 2. The Bertz CT molecular complexity index is 395. The van der Waals surface area contributed by atoms with Crippen LogP contribution < -0.4 is 4.74 Å². The zero-order valence-electron chi connectivity index (χ0n) is 9.09. The Balaban J connectivity index is 2.45. The van der Waals surface area contributed by atoms with Gasteiger partial charge in [-0.05, 0) is 24.5 Å². The van der Waals surface area contributed by atoms with Gasteiger partial charge in [0.2, 0.25) is 0 Å². The van der Waals surface area contributed by atoms with Crippen LogP contribution in [0.1, 0.15) is 24.8 Å². The molecule has 0 amide bonds. The Labute approximate surface area is 92.9 Å². The number of hydrogen-bond acceptors (Lipinski definition) is 2. The third kappa shape index (κ3) is 1.57. The number of hydrogen-bond donors (Lipinski definition) is 1. The summed E-state index contributed by atoms with van der Waals surface area (Å²) >= 11 is 0. The van der Waals surface area contributed by atoms with Crippen LogP contribution in [-0.2, 0) is 5.41 Å². The minimum absolute atomic E-state index is 0.103. The molecule has 4 heteroatoms. The molecule has 1 N–H and O–H groups in total. The van der Waals surface area contributed by atoms with Crippen LogP contribution in [0.25, 0.3) is 0 Å². The number of ether oxygens (including phenoxy) is 1. The number of methoxy groups -OCH3 is 1. The molecule has 0 bridgehead atoms. The van der Waals surface area contributed by atoms with Crippen LogP contribution >= 0.6 is 0 Å². The predicted octanol–water partition coefficient (Wildman–Crippen LogP) is 2.39. The van der Waals surface area contributed by atoms with E-state index in [4.69, 9.17) is 4.74 Å². The van der Waals surface area contributed by atoms with Gasteiger partial charge in [-0.25, -0.2) is 8.78 Å². The highest BCUT2D eigenvalue weighted by molar-refractivity contribution is 5.37. The maximum Gasteiger partial charge on any atom is 0.165 e. The summed E-state index contributed by atoms with van der Waals surface area (Å²) in [5.74, 6) is -1.20. The van der Waals surface area contributed by atoms with E-state index in [0.29, 0.717) is 12.8 Å². The van der Waals surface area contributed by atoms with Gasteiger partial charge in [0.25, 0.3) is 0 Å². The second-order valence-corrected chi connectivity index (χ2v) is 4.26. The lowest BCUT2D eigenvalue weighted by Crippen LogP contribution is -2.38. The standard InChI is InChI=1S/C12H14F2O2/c1-16-11-6-9(13)8(5-10(11)14)12(7-15)3-2-4-12/h5-6,15H,2-4,7H2,1H3. The SMILES string of the molecule is COc1cc(F)c(C2(CO)CCC2)cc1F. The topological polar surface area (TPSA) is 29.5 Å². The molecular formula is C12H14F2O2. The van der Waals surface area contributed by atoms with Crippen molar-refractivity contribution >= 4 is 0 Å². The molecule has 1 aliphatic rings. The molecule has 0 spiro atoms. The van der Waals surface area contributed by atoms with Crippen molar-refractivity contribution in [3.05, 3.63) is 29.3 Å². The van der Waals surface area contributed by atoms with Gasteiger partial charge in [0.05, 0.1) is 13.7 Å². The highest BCUT2D eigenvalue weighted by Gasteiger charge is 2.40. The fraction of sp³-hybridized carbons (Fsp3) is 0.500. The molecule has 0 atom stereocenters. The zero-order valence-corrected chi connectivity index (χ0v) is 9.09. The van der Waals surface area contributed by atoms with Crippen molar-refractivity contribution < 1.29 is 18.6 Å². The van der Waals surface area contributed by atoms with E-state index in [1.807, 2.05) is 0 Å². The first-order chi connectivity index (χ1) is 7.63. The van der Waals surface area contributed by atoms with Gasteiger partial charge < -0.3 is 9.84 Å². The van der Waals surface area contributed by atoms with E-state index in [1.54, 1.807) is 0 Å². The second kappa shape index (κ2) is 4.01. The first-order valence-electron chi connectivity index (χ1n) is 5.27. The molecule has 1 aromatic rings. The van der Waals surface area contributed by atoms with E-state index >= 15 is 0 Å². The van der Waals surface area contributed by atoms with Crippen LogP contribution in [0.3, 0.4) is 0 Å². The van der Waals surface area contributed by atoms with Crippen LogP contribution in [0.4, 0.5) is 8.78 Å². The van der Waals surface area contributed by atoms with Crippen molar-refractivity contribution in [2.24, 2.45) is 0 Å². The Morgan fingerprint density at radius 2 is 2.00 bits per heavy atom. The molecule has 0 heterocycles. The summed E-state index contributed by atoms with van der Waals surface area (Å²) in [4.78, 5) is 0. The van der Waals surface area contributed by atoms with E-state index in [-0.39, 0.29) is 17.9 Å². The van der Waals surface area contributed by atoms with Crippen LogP contribution in [0, 0.1) is 11.6 Å². The number of benzene rings is 1. The summed E-state index contributed by atoms with van der Waals surface area (Å²) in [7, 11) is 1.29. The molecule has 2 nitrogen and oxygen atoms in total. The molecule has 0 unspecified atom stereocenters. The predicted molar refractivity (Wildman–Crippen MR) is 55.5 cm³/mol. The Morgan fingerprint density at radius 3 is 2.44 bits per heavy atom. The first kappa shape index (κ1) is 11.3. The first-order valence-corrected chi connectivity index (χ1v) is 5.27. The summed E-state index contributed by atoms with van der Waals surface area (Å²) in [5, 5.41) is 9.31. The van der Waals surface area contributed by atoms with Gasteiger partial charge >= 0.3 is 0 Å². The summed E-state index contributed by atoms with van der Waals surface area (Å²) in [6.45, 7) is -0.143. The minimum Gasteiger partial charge on any atom is -0.494 e. The van der Waals surface area contributed by atoms with E-state index < -0.39 is 17.0 Å². The van der Waals surface area contributed by atoms with Gasteiger partial charge in [-0.1, -0.05) is 6.42 Å². The highest BCUT2D eigenvalue weighted by atomic mass is 19.1. The van der Waals surface area contributed by atoms with Gasteiger partial charge in [-0.15, -0.1) is 0 Å². The molecule has 88 valence electrons. The molecular weight excluding hydrogens is 214 g/mol. The van der Waals surface area contributed by atoms with E-state index in [0.717, 1.165) is 18.6 Å². The molecule has 0 aliphatic heterocycles. The Kier molecular flexibility index (Phi) is 2.84. The van der Waals surface area contributed by atoms with Crippen LogP contribution in [-0.4, -0.2) is 18.8 Å². The maximum atomic E-state index is 13.8. The van der Waals surface area contributed by atoms with E-state index in [9.17, 15) is 13.9 Å². The van der Waals surface area contributed by atoms with Crippen molar-refractivity contribution in [3.8, 4) is 5.75 Å². The third-order valence-corrected chi connectivity index (χ3v) is 3.43. The van der Waals surface area contributed by atoms with Crippen molar-refractivity contribution in [3.63, 3.8) is 0 Å². The molecule has 1 aromatic carbocycles. The normalized spacial score (nSPS) is 18.0. The van der Waals surface area contributed by atoms with E-state index in [2.05, 4.69) is 0 Å². The summed E-state index contributed by atoms with van der Waals surface area (Å²) in [5.41, 5.74) is -0.323. The second-order valence-electron chi connectivity index (χ2n) is 4.26. The molecule has 1 saturated carbocycles. The van der Waals surface area contributed by atoms with Crippen molar-refractivity contribution in [1.29, 1.82) is 0 Å². The lowest BCUT2D eigenvalue weighted by Gasteiger charge is -2.41. The molecule has 0 saturated heterocycles. The molecule has 1 fully saturated rings. The molecule has 0 aromatic heterocycles. The highest BCUT2D eigenvalue weighted by Crippen LogP contribution is 2.45. The summed E-state index contributed by atoms with van der Waals surface area (Å²) in [6.07, 6.45) is 2.34. The monoisotopic (exact) mass is 228 g/mol. The van der Waals surface area contributed by atoms with Gasteiger partial charge in [-0.3, -0.25) is 0 Å². The van der Waals surface area contributed by atoms with Crippen LogP contribution in [0.5, 0.6) is 5.75 Å². The Hall–Kier alpha value is -1.16. The fourth-order valence-corrected chi connectivity index (χ4v) is 2.21. The molecule has 16 heavy (non-hydrogen) atoms. The smallest absolute Gasteiger partial charge is 0.165 e. The van der Waals surface area contributed by atoms with Crippen molar-refractivity contribution in [2.45, 2.75) is 24.7 Å².